The predicted octanol–water partition coefficient (Wildman–Crippen LogP) is 12.3. The molecule has 0 atom stereocenters. The van der Waals surface area contributed by atoms with Crippen molar-refractivity contribution in [1.29, 1.82) is 0 Å². The molecule has 44 heavy (non-hydrogen) atoms. The molecule has 2 aromatic carbocycles. The van der Waals surface area contributed by atoms with Crippen molar-refractivity contribution < 1.29 is 0 Å². The molecule has 0 N–H and O–H groups in total. The van der Waals surface area contributed by atoms with Gasteiger partial charge in [0, 0.05) is 5.92 Å². The largest absolute Gasteiger partial charge is 0.0582 e. The predicted molar refractivity (Wildman–Crippen MR) is 184 cm³/mol. The van der Waals surface area contributed by atoms with Gasteiger partial charge in [-0.05, 0) is 164 Å². The summed E-state index contributed by atoms with van der Waals surface area (Å²) in [5.74, 6) is 7.47. The third-order valence-corrected chi connectivity index (χ3v) is 15.2. The van der Waals surface area contributed by atoms with Gasteiger partial charge >= 0.3 is 0 Å². The highest BCUT2D eigenvalue weighted by atomic mass is 14.6. The van der Waals surface area contributed by atoms with Gasteiger partial charge in [-0.3, -0.25) is 0 Å². The molecule has 9 saturated carbocycles. The summed E-state index contributed by atoms with van der Waals surface area (Å²) in [5, 5.41) is 0. The maximum Gasteiger partial charge on any atom is 0.0118 e. The van der Waals surface area contributed by atoms with Gasteiger partial charge in [0.15, 0.2) is 0 Å². The molecular weight excluding hydrogens is 528 g/mol. The van der Waals surface area contributed by atoms with Crippen LogP contribution in [0.25, 0.3) is 0 Å². The van der Waals surface area contributed by atoms with Crippen molar-refractivity contribution in [2.75, 3.05) is 0 Å². The van der Waals surface area contributed by atoms with Gasteiger partial charge in [0.25, 0.3) is 0 Å². The Bertz CT molecular complexity index is 1110. The molecule has 0 radical (unpaired) electrons. The molecule has 0 heterocycles. The minimum Gasteiger partial charge on any atom is -0.0582 e. The van der Waals surface area contributed by atoms with E-state index in [4.69, 9.17) is 0 Å². The summed E-state index contributed by atoms with van der Waals surface area (Å²) in [6.07, 6.45) is 32.6. The Hall–Kier alpha value is -1.56. The van der Waals surface area contributed by atoms with E-state index in [1.165, 1.54) is 103 Å². The maximum atomic E-state index is 2.64. The molecule has 236 valence electrons. The summed E-state index contributed by atoms with van der Waals surface area (Å²) in [5.41, 5.74) is 7.69. The van der Waals surface area contributed by atoms with E-state index in [0.29, 0.717) is 16.7 Å². The first-order valence-corrected chi connectivity index (χ1v) is 19.8. The van der Waals surface area contributed by atoms with Gasteiger partial charge in [-0.2, -0.15) is 0 Å². The van der Waals surface area contributed by atoms with Crippen LogP contribution >= 0.6 is 0 Å². The Labute approximate surface area is 269 Å². The van der Waals surface area contributed by atoms with Crippen LogP contribution in [-0.2, 0) is 10.8 Å². The molecule has 0 aliphatic heterocycles. The van der Waals surface area contributed by atoms with Crippen molar-refractivity contribution in [3.63, 3.8) is 0 Å². The molecule has 0 heteroatoms. The van der Waals surface area contributed by atoms with Gasteiger partial charge in [0.1, 0.15) is 0 Å². The van der Waals surface area contributed by atoms with Crippen LogP contribution in [-0.4, -0.2) is 0 Å². The van der Waals surface area contributed by atoms with Crippen molar-refractivity contribution in [2.45, 2.75) is 158 Å². The number of benzene rings is 2. The summed E-state index contributed by atoms with van der Waals surface area (Å²) in [7, 11) is 0. The lowest BCUT2D eigenvalue weighted by atomic mass is 9.48. The summed E-state index contributed by atoms with van der Waals surface area (Å²) < 4.78 is 0. The Kier molecular flexibility index (Phi) is 7.55. The molecule has 0 nitrogen and oxygen atoms in total. The van der Waals surface area contributed by atoms with E-state index in [2.05, 4.69) is 48.5 Å². The molecule has 0 aromatic heterocycles. The molecule has 9 aliphatic rings. The first kappa shape index (κ1) is 28.6. The highest BCUT2D eigenvalue weighted by Gasteiger charge is 2.52. The maximum absolute atomic E-state index is 2.64. The van der Waals surface area contributed by atoms with Gasteiger partial charge in [-0.1, -0.05) is 99.9 Å². The van der Waals surface area contributed by atoms with E-state index >= 15 is 0 Å². The average Bonchev–Trinajstić information content (AvgIpc) is 3.07. The second kappa shape index (κ2) is 11.6. The fraction of sp³-hybridized carbons (Fsp3) is 0.727. The van der Waals surface area contributed by atoms with Crippen LogP contribution in [0.3, 0.4) is 0 Å². The van der Waals surface area contributed by atoms with Crippen LogP contribution in [0.1, 0.15) is 169 Å². The first-order chi connectivity index (χ1) is 21.6. The van der Waals surface area contributed by atoms with Gasteiger partial charge in [0.05, 0.1) is 0 Å². The summed E-state index contributed by atoms with van der Waals surface area (Å²) in [4.78, 5) is 0. The zero-order valence-corrected chi connectivity index (χ0v) is 27.8. The number of rotatable bonds is 5. The fourth-order valence-electron chi connectivity index (χ4n) is 14.1. The Morgan fingerprint density at radius 1 is 0.386 bits per heavy atom. The molecule has 0 saturated heterocycles. The Morgan fingerprint density at radius 2 is 0.682 bits per heavy atom. The first-order valence-electron chi connectivity index (χ1n) is 19.8. The minimum absolute atomic E-state index is 0.511. The highest BCUT2D eigenvalue weighted by molar-refractivity contribution is 5.41. The van der Waals surface area contributed by atoms with Crippen molar-refractivity contribution >= 4 is 0 Å². The molecule has 8 bridgehead atoms. The second-order valence-corrected chi connectivity index (χ2v) is 18.3. The third kappa shape index (κ3) is 5.25. The van der Waals surface area contributed by atoms with E-state index in [1.807, 2.05) is 0 Å². The van der Waals surface area contributed by atoms with E-state index < -0.39 is 0 Å². The lowest BCUT2D eigenvalue weighted by molar-refractivity contribution is -0.00530. The molecular formula is C44H60. The zero-order valence-electron chi connectivity index (χ0n) is 27.8. The lowest BCUT2D eigenvalue weighted by Gasteiger charge is -2.57. The van der Waals surface area contributed by atoms with Gasteiger partial charge in [0.2, 0.25) is 0 Å². The van der Waals surface area contributed by atoms with Gasteiger partial charge in [-0.15, -0.1) is 0 Å². The quantitative estimate of drug-likeness (QED) is 0.326. The van der Waals surface area contributed by atoms with Crippen LogP contribution < -0.4 is 0 Å². The Balaban J connectivity index is 1.03. The van der Waals surface area contributed by atoms with Crippen molar-refractivity contribution in [2.24, 2.45) is 41.4 Å². The van der Waals surface area contributed by atoms with Gasteiger partial charge < -0.3 is 0 Å². The van der Waals surface area contributed by atoms with Crippen LogP contribution in [0.2, 0.25) is 0 Å². The topological polar surface area (TPSA) is 0 Å². The average molecular weight is 589 g/mol. The fourth-order valence-corrected chi connectivity index (χ4v) is 14.1. The number of hydrogen-bond acceptors (Lipinski definition) is 0. The van der Waals surface area contributed by atoms with E-state index in [9.17, 15) is 0 Å². The van der Waals surface area contributed by atoms with E-state index in [0.717, 1.165) is 41.4 Å². The zero-order chi connectivity index (χ0) is 29.1. The molecule has 9 aliphatic carbocycles. The molecule has 11 rings (SSSR count). The van der Waals surface area contributed by atoms with E-state index in [-0.39, 0.29) is 0 Å². The molecule has 0 unspecified atom stereocenters. The van der Waals surface area contributed by atoms with Crippen LogP contribution in [0.15, 0.2) is 48.5 Å². The van der Waals surface area contributed by atoms with Crippen molar-refractivity contribution in [1.82, 2.24) is 0 Å². The minimum atomic E-state index is 0.511. The summed E-state index contributed by atoms with van der Waals surface area (Å²) in [6.45, 7) is 0. The molecule has 0 amide bonds. The number of hydrogen-bond donors (Lipinski definition) is 0. The summed E-state index contributed by atoms with van der Waals surface area (Å²) >= 11 is 0. The van der Waals surface area contributed by atoms with Crippen molar-refractivity contribution in [3.8, 4) is 0 Å². The van der Waals surface area contributed by atoms with Crippen LogP contribution in [0.4, 0.5) is 0 Å². The van der Waals surface area contributed by atoms with E-state index in [1.54, 1.807) is 60.8 Å². The van der Waals surface area contributed by atoms with Gasteiger partial charge in [-0.25, -0.2) is 0 Å². The lowest BCUT2D eigenvalue weighted by Crippen LogP contribution is -2.48. The van der Waals surface area contributed by atoms with Crippen LogP contribution in [0.5, 0.6) is 0 Å². The van der Waals surface area contributed by atoms with Crippen LogP contribution in [0, 0.1) is 41.4 Å². The van der Waals surface area contributed by atoms with Crippen molar-refractivity contribution in [3.05, 3.63) is 70.8 Å². The SMILES string of the molecule is c1cc(C23CC4CC(CC(C4)C2)C3)ccc1C(c1ccc(C23CC4CC(CC(C4)C2)C3)cc1)C1CCCCCCCCCC1. The Morgan fingerprint density at radius 3 is 1.00 bits per heavy atom. The monoisotopic (exact) mass is 588 g/mol. The molecule has 2 aromatic rings. The normalized spacial score (nSPS) is 41.0. The summed E-state index contributed by atoms with van der Waals surface area (Å²) in [6, 6.07) is 21.1. The molecule has 0 spiro atoms. The second-order valence-electron chi connectivity index (χ2n) is 18.3. The standard InChI is InChI=1S/C44H60/c1-2-4-6-8-10-37(9-7-5-3-1)42(38-11-15-40(16-12-38)43-25-31-19-32(26-43)21-33(20-31)27-43)39-13-17-41(18-14-39)44-28-34-22-35(29-44)24-36(23-34)30-44/h11-18,31-37,42H,1-10,19-30H2. The molecule has 9 fully saturated rings. The third-order valence-electron chi connectivity index (χ3n) is 15.2. The highest BCUT2D eigenvalue weighted by Crippen LogP contribution is 2.62. The smallest absolute Gasteiger partial charge is 0.0118 e.